The number of methoxy groups -OCH3 is 1. The van der Waals surface area contributed by atoms with Crippen LogP contribution in [0.4, 0.5) is 10.1 Å². The number of nitrogens with zero attached hydrogens (tertiary/aromatic N) is 1. The molecule has 2 bridgehead atoms. The molecule has 5 rings (SSSR count). The minimum Gasteiger partial charge on any atom is -0.497 e. The number of allylic oxidation sites excluding steroid dienone is 1. The lowest BCUT2D eigenvalue weighted by Crippen LogP contribution is -2.49. The fraction of sp³-hybridized carbons (Fsp3) is 0.200. The summed E-state index contributed by atoms with van der Waals surface area (Å²) in [4.78, 5) is 31.8. The molecule has 37 heavy (non-hydrogen) atoms. The lowest BCUT2D eigenvalue weighted by atomic mass is 10.0. The standard InChI is InChI=1S/C30H28FN3O3/c1-34(22-10-12-23(37-2)13-11-22)30(36)28-16-20-7-3-5-19(15-20)6-4-8-26-25(18-29(35)33-28)24-17-21(31)9-14-27(24)32-26/h3-5,7-15,17,28,32H,6,16,18H2,1-2H3,(H,33,35)/b8-4-/t28-/m0/s1. The Morgan fingerprint density at radius 3 is 2.62 bits per heavy atom. The molecule has 0 saturated heterocycles. The van der Waals surface area contributed by atoms with Gasteiger partial charge in [0.2, 0.25) is 11.8 Å². The monoisotopic (exact) mass is 497 g/mol. The summed E-state index contributed by atoms with van der Waals surface area (Å²) in [5.41, 5.74) is 4.95. The van der Waals surface area contributed by atoms with Crippen molar-refractivity contribution in [2.45, 2.75) is 25.3 Å². The number of halogens is 1. The summed E-state index contributed by atoms with van der Waals surface area (Å²) < 4.78 is 19.3. The summed E-state index contributed by atoms with van der Waals surface area (Å²) in [5, 5.41) is 3.62. The number of H-pyrrole nitrogens is 1. The van der Waals surface area contributed by atoms with E-state index >= 15 is 0 Å². The number of fused-ring (bicyclic) bond motifs is 5. The Morgan fingerprint density at radius 2 is 1.84 bits per heavy atom. The molecule has 0 fully saturated rings. The minimum absolute atomic E-state index is 0.0107. The van der Waals surface area contributed by atoms with Crippen molar-refractivity contribution < 1.29 is 18.7 Å². The third kappa shape index (κ3) is 5.26. The second-order valence-corrected chi connectivity index (χ2v) is 9.23. The van der Waals surface area contributed by atoms with Gasteiger partial charge < -0.3 is 19.9 Å². The third-order valence-corrected chi connectivity index (χ3v) is 6.73. The molecule has 188 valence electrons. The number of carbonyl (C=O) groups is 2. The Kier molecular flexibility index (Phi) is 6.77. The molecule has 4 aromatic rings. The van der Waals surface area contributed by atoms with Crippen LogP contribution in [0.1, 0.15) is 22.4 Å². The second-order valence-electron chi connectivity index (χ2n) is 9.23. The Labute approximate surface area is 214 Å². The van der Waals surface area contributed by atoms with E-state index in [4.69, 9.17) is 4.74 Å². The van der Waals surface area contributed by atoms with Crippen LogP contribution in [-0.2, 0) is 28.9 Å². The van der Waals surface area contributed by atoms with E-state index in [1.54, 1.807) is 49.4 Å². The van der Waals surface area contributed by atoms with Crippen molar-refractivity contribution >= 4 is 34.5 Å². The lowest BCUT2D eigenvalue weighted by Gasteiger charge is -2.25. The van der Waals surface area contributed by atoms with Crippen LogP contribution in [0, 0.1) is 5.82 Å². The number of aromatic amines is 1. The number of amides is 2. The third-order valence-electron chi connectivity index (χ3n) is 6.73. The highest BCUT2D eigenvalue weighted by Crippen LogP contribution is 2.26. The second kappa shape index (κ2) is 10.3. The molecule has 7 heteroatoms. The van der Waals surface area contributed by atoms with Gasteiger partial charge in [-0.15, -0.1) is 0 Å². The molecule has 0 aliphatic carbocycles. The van der Waals surface area contributed by atoms with Crippen molar-refractivity contribution in [3.05, 3.63) is 101 Å². The number of hydrogen-bond donors (Lipinski definition) is 2. The highest BCUT2D eigenvalue weighted by Gasteiger charge is 2.26. The summed E-state index contributed by atoms with van der Waals surface area (Å²) in [5.74, 6) is -0.220. The molecule has 1 atom stereocenters. The lowest BCUT2D eigenvalue weighted by molar-refractivity contribution is -0.127. The van der Waals surface area contributed by atoms with Crippen molar-refractivity contribution in [3.8, 4) is 5.75 Å². The first-order chi connectivity index (χ1) is 17.9. The Morgan fingerprint density at radius 1 is 1.05 bits per heavy atom. The molecule has 0 spiro atoms. The number of nitrogens with one attached hydrogen (secondary N) is 2. The van der Waals surface area contributed by atoms with Gasteiger partial charge in [-0.25, -0.2) is 4.39 Å². The summed E-state index contributed by atoms with van der Waals surface area (Å²) in [7, 11) is 3.28. The number of benzene rings is 3. The van der Waals surface area contributed by atoms with Gasteiger partial charge >= 0.3 is 0 Å². The van der Waals surface area contributed by atoms with Crippen molar-refractivity contribution in [1.29, 1.82) is 0 Å². The minimum atomic E-state index is -0.783. The number of ether oxygens (including phenoxy) is 1. The van der Waals surface area contributed by atoms with E-state index in [1.807, 2.05) is 30.4 Å². The zero-order valence-electron chi connectivity index (χ0n) is 20.8. The van der Waals surface area contributed by atoms with Crippen molar-refractivity contribution in [1.82, 2.24) is 10.3 Å². The average Bonchev–Trinajstić information content (AvgIpc) is 3.23. The number of anilines is 1. The first kappa shape index (κ1) is 24.3. The topological polar surface area (TPSA) is 74.4 Å². The normalized spacial score (nSPS) is 16.5. The molecule has 1 aliphatic rings. The van der Waals surface area contributed by atoms with E-state index in [0.717, 1.165) is 22.3 Å². The van der Waals surface area contributed by atoms with Crippen LogP contribution in [0.3, 0.4) is 0 Å². The van der Waals surface area contributed by atoms with Crippen LogP contribution < -0.4 is 15.0 Å². The van der Waals surface area contributed by atoms with E-state index in [9.17, 15) is 14.0 Å². The van der Waals surface area contributed by atoms with Crippen LogP contribution in [-0.4, -0.2) is 37.0 Å². The quantitative estimate of drug-likeness (QED) is 0.426. The molecular formula is C30H28FN3O3. The number of rotatable bonds is 3. The van der Waals surface area contributed by atoms with Gasteiger partial charge in [-0.1, -0.05) is 30.3 Å². The van der Waals surface area contributed by atoms with Gasteiger partial charge in [0.15, 0.2) is 0 Å². The van der Waals surface area contributed by atoms with Gasteiger partial charge in [0.05, 0.1) is 13.5 Å². The van der Waals surface area contributed by atoms with Gasteiger partial charge in [0.1, 0.15) is 17.6 Å². The molecule has 0 unspecified atom stereocenters. The smallest absolute Gasteiger partial charge is 0.249 e. The summed E-state index contributed by atoms with van der Waals surface area (Å²) in [6.07, 6.45) is 5.00. The molecular weight excluding hydrogens is 469 g/mol. The maximum Gasteiger partial charge on any atom is 0.249 e. The largest absolute Gasteiger partial charge is 0.497 e. The average molecular weight is 498 g/mol. The zero-order chi connectivity index (χ0) is 25.9. The zero-order valence-corrected chi connectivity index (χ0v) is 20.8. The molecule has 2 amide bonds. The van der Waals surface area contributed by atoms with E-state index in [2.05, 4.69) is 16.4 Å². The number of likely N-dealkylation sites (N-methyl/N-ethyl adjacent to an activating group) is 1. The SMILES string of the molecule is COc1ccc(N(C)C(=O)[C@@H]2Cc3cccc(c3)C/C=C\c3[nH]c4ccc(F)cc4c3CC(=O)N2)cc1. The van der Waals surface area contributed by atoms with E-state index in [-0.39, 0.29) is 24.1 Å². The van der Waals surface area contributed by atoms with Crippen LogP contribution in [0.25, 0.3) is 17.0 Å². The fourth-order valence-corrected chi connectivity index (χ4v) is 4.78. The molecule has 6 nitrogen and oxygen atoms in total. The first-order valence-electron chi connectivity index (χ1n) is 12.2. The fourth-order valence-electron chi connectivity index (χ4n) is 4.78. The molecule has 0 radical (unpaired) electrons. The molecule has 0 saturated carbocycles. The summed E-state index contributed by atoms with van der Waals surface area (Å²) >= 11 is 0. The number of aromatic nitrogens is 1. The van der Waals surface area contributed by atoms with Crippen LogP contribution in [0.15, 0.2) is 72.8 Å². The first-order valence-corrected chi connectivity index (χ1v) is 12.2. The number of hydrogen-bond acceptors (Lipinski definition) is 3. The summed E-state index contributed by atoms with van der Waals surface area (Å²) in [6.45, 7) is 0. The van der Waals surface area contributed by atoms with Gasteiger partial charge in [-0.3, -0.25) is 9.59 Å². The Balaban J connectivity index is 1.51. The van der Waals surface area contributed by atoms with Crippen LogP contribution in [0.5, 0.6) is 5.75 Å². The molecule has 2 N–H and O–H groups in total. The van der Waals surface area contributed by atoms with E-state index in [0.29, 0.717) is 35.2 Å². The highest BCUT2D eigenvalue weighted by atomic mass is 19.1. The predicted octanol–water partition coefficient (Wildman–Crippen LogP) is 4.82. The molecule has 1 aliphatic heterocycles. The number of carbonyl (C=O) groups excluding carboxylic acids is 2. The van der Waals surface area contributed by atoms with E-state index < -0.39 is 6.04 Å². The van der Waals surface area contributed by atoms with Crippen molar-refractivity contribution in [2.24, 2.45) is 0 Å². The maximum absolute atomic E-state index is 14.1. The van der Waals surface area contributed by atoms with Gasteiger partial charge in [0, 0.05) is 35.8 Å². The summed E-state index contributed by atoms with van der Waals surface area (Å²) in [6, 6.07) is 18.9. The molecule has 2 heterocycles. The molecule has 1 aromatic heterocycles. The van der Waals surface area contributed by atoms with Crippen LogP contribution >= 0.6 is 0 Å². The van der Waals surface area contributed by atoms with Crippen molar-refractivity contribution in [2.75, 3.05) is 19.1 Å². The van der Waals surface area contributed by atoms with Gasteiger partial charge in [0.25, 0.3) is 0 Å². The van der Waals surface area contributed by atoms with E-state index in [1.165, 1.54) is 12.1 Å². The predicted molar refractivity (Wildman–Crippen MR) is 143 cm³/mol. The Bertz CT molecular complexity index is 1490. The van der Waals surface area contributed by atoms with Crippen LogP contribution in [0.2, 0.25) is 0 Å². The maximum atomic E-state index is 14.1. The van der Waals surface area contributed by atoms with Gasteiger partial charge in [-0.05, 0) is 71.7 Å². The highest BCUT2D eigenvalue weighted by molar-refractivity contribution is 6.00. The Hall–Kier alpha value is -4.39. The van der Waals surface area contributed by atoms with Gasteiger partial charge in [-0.2, -0.15) is 0 Å². The van der Waals surface area contributed by atoms with Crippen molar-refractivity contribution in [3.63, 3.8) is 0 Å². The molecule has 3 aromatic carbocycles.